The molecule has 0 aliphatic carbocycles. The van der Waals surface area contributed by atoms with Crippen molar-refractivity contribution in [3.8, 4) is 0 Å². The van der Waals surface area contributed by atoms with Crippen LogP contribution in [-0.2, 0) is 0 Å². The first kappa shape index (κ1) is 10.8. The van der Waals surface area contributed by atoms with Gasteiger partial charge in [0.05, 0.1) is 11.6 Å². The number of nitrogens with two attached hydrogens (primary N) is 1. The highest BCUT2D eigenvalue weighted by Gasteiger charge is 2.18. The van der Waals surface area contributed by atoms with Gasteiger partial charge in [0, 0.05) is 5.56 Å². The van der Waals surface area contributed by atoms with Crippen LogP contribution in [0, 0.1) is 18.6 Å². The number of benzene rings is 1. The van der Waals surface area contributed by atoms with E-state index in [4.69, 9.17) is 5.73 Å². The van der Waals surface area contributed by atoms with Crippen LogP contribution in [-0.4, -0.2) is 11.8 Å². The summed E-state index contributed by atoms with van der Waals surface area (Å²) in [6, 6.07) is 1.39. The Morgan fingerprint density at radius 1 is 1.43 bits per heavy atom. The van der Waals surface area contributed by atoms with Gasteiger partial charge in [-0.15, -0.1) is 0 Å². The van der Waals surface area contributed by atoms with Crippen LogP contribution in [0.4, 0.5) is 8.78 Å². The molecule has 2 N–H and O–H groups in total. The largest absolute Gasteiger partial charge is 0.321 e. The second-order valence-electron chi connectivity index (χ2n) is 3.19. The Bertz CT molecular complexity index is 375. The first-order valence-electron chi connectivity index (χ1n) is 4.19. The number of rotatable bonds is 2. The molecule has 0 aliphatic heterocycles. The smallest absolute Gasteiger partial charge is 0.182 e. The maximum atomic E-state index is 13.4. The van der Waals surface area contributed by atoms with Crippen LogP contribution < -0.4 is 5.73 Å². The predicted octanol–water partition coefficient (Wildman–Crippen LogP) is 1.80. The average Bonchev–Trinajstić information content (AvgIpc) is 2.13. The molecule has 0 saturated carbocycles. The molecule has 0 saturated heterocycles. The fraction of sp³-hybridized carbons (Fsp3) is 0.300. The molecule has 14 heavy (non-hydrogen) atoms. The van der Waals surface area contributed by atoms with Gasteiger partial charge in [0.2, 0.25) is 0 Å². The third-order valence-corrected chi connectivity index (χ3v) is 2.00. The van der Waals surface area contributed by atoms with Crippen molar-refractivity contribution in [2.24, 2.45) is 5.73 Å². The van der Waals surface area contributed by atoms with Gasteiger partial charge < -0.3 is 5.73 Å². The van der Waals surface area contributed by atoms with Crippen LogP contribution in [0.25, 0.3) is 0 Å². The number of hydrogen-bond acceptors (Lipinski definition) is 2. The summed E-state index contributed by atoms with van der Waals surface area (Å²) >= 11 is 0. The van der Waals surface area contributed by atoms with Crippen LogP contribution in [0.15, 0.2) is 12.1 Å². The molecule has 4 heteroatoms. The van der Waals surface area contributed by atoms with Crippen molar-refractivity contribution in [3.05, 3.63) is 34.9 Å². The zero-order chi connectivity index (χ0) is 10.9. The molecule has 0 bridgehead atoms. The summed E-state index contributed by atoms with van der Waals surface area (Å²) in [5, 5.41) is 0. The van der Waals surface area contributed by atoms with E-state index in [1.807, 2.05) is 0 Å². The van der Waals surface area contributed by atoms with Crippen LogP contribution in [0.2, 0.25) is 0 Å². The van der Waals surface area contributed by atoms with Crippen molar-refractivity contribution in [2.75, 3.05) is 0 Å². The van der Waals surface area contributed by atoms with E-state index in [2.05, 4.69) is 0 Å². The van der Waals surface area contributed by atoms with Crippen LogP contribution in [0.3, 0.4) is 0 Å². The number of hydrogen-bond donors (Lipinski definition) is 1. The minimum Gasteiger partial charge on any atom is -0.321 e. The van der Waals surface area contributed by atoms with Crippen molar-refractivity contribution in [1.82, 2.24) is 0 Å². The monoisotopic (exact) mass is 199 g/mol. The Morgan fingerprint density at radius 2 is 2.00 bits per heavy atom. The zero-order valence-electron chi connectivity index (χ0n) is 7.97. The van der Waals surface area contributed by atoms with Crippen LogP contribution >= 0.6 is 0 Å². The van der Waals surface area contributed by atoms with E-state index < -0.39 is 23.5 Å². The molecule has 1 atom stereocenters. The highest BCUT2D eigenvalue weighted by molar-refractivity contribution is 6.00. The standard InChI is InChI=1S/C10H11F2NO/c1-5-8(11)4-3-7(9(5)12)10(14)6(2)13/h3-4,6H,13H2,1-2H3. The number of ketones is 1. The van der Waals surface area contributed by atoms with E-state index >= 15 is 0 Å². The lowest BCUT2D eigenvalue weighted by Gasteiger charge is -2.07. The third kappa shape index (κ3) is 1.80. The lowest BCUT2D eigenvalue weighted by Crippen LogP contribution is -2.27. The molecular weight excluding hydrogens is 188 g/mol. The Hall–Kier alpha value is -1.29. The second kappa shape index (κ2) is 3.84. The molecule has 0 radical (unpaired) electrons. The van der Waals surface area contributed by atoms with Crippen LogP contribution in [0.5, 0.6) is 0 Å². The molecule has 76 valence electrons. The fourth-order valence-corrected chi connectivity index (χ4v) is 1.10. The summed E-state index contributed by atoms with van der Waals surface area (Å²) in [5.41, 5.74) is 5.01. The fourth-order valence-electron chi connectivity index (χ4n) is 1.10. The second-order valence-corrected chi connectivity index (χ2v) is 3.19. The molecule has 0 aliphatic rings. The highest BCUT2D eigenvalue weighted by atomic mass is 19.1. The van der Waals surface area contributed by atoms with E-state index in [1.54, 1.807) is 0 Å². The third-order valence-electron chi connectivity index (χ3n) is 2.00. The molecule has 2 nitrogen and oxygen atoms in total. The summed E-state index contributed by atoms with van der Waals surface area (Å²) in [6.07, 6.45) is 0. The first-order valence-corrected chi connectivity index (χ1v) is 4.19. The van der Waals surface area contributed by atoms with E-state index in [-0.39, 0.29) is 11.1 Å². The highest BCUT2D eigenvalue weighted by Crippen LogP contribution is 2.16. The average molecular weight is 199 g/mol. The van der Waals surface area contributed by atoms with E-state index in [1.165, 1.54) is 13.8 Å². The summed E-state index contributed by atoms with van der Waals surface area (Å²) in [7, 11) is 0. The normalized spacial score (nSPS) is 12.6. The minimum absolute atomic E-state index is 0.154. The van der Waals surface area contributed by atoms with E-state index in [0.29, 0.717) is 0 Å². The number of carbonyl (C=O) groups is 1. The molecular formula is C10H11F2NO. The van der Waals surface area contributed by atoms with Gasteiger partial charge in [-0.2, -0.15) is 0 Å². The lowest BCUT2D eigenvalue weighted by atomic mass is 10.0. The Kier molecular flexibility index (Phi) is 2.96. The summed E-state index contributed by atoms with van der Waals surface area (Å²) in [6.45, 7) is 2.74. The molecule has 0 aromatic heterocycles. The molecule has 1 unspecified atom stereocenters. The van der Waals surface area contributed by atoms with Gasteiger partial charge in [-0.25, -0.2) is 8.78 Å². The van der Waals surface area contributed by atoms with Gasteiger partial charge in [-0.3, -0.25) is 4.79 Å². The Balaban J connectivity index is 3.24. The number of halogens is 2. The summed E-state index contributed by atoms with van der Waals surface area (Å²) in [4.78, 5) is 11.3. The molecule has 0 heterocycles. The van der Waals surface area contributed by atoms with Gasteiger partial charge >= 0.3 is 0 Å². The van der Waals surface area contributed by atoms with Gasteiger partial charge in [0.25, 0.3) is 0 Å². The lowest BCUT2D eigenvalue weighted by molar-refractivity contribution is 0.0963. The van der Waals surface area contributed by atoms with Gasteiger partial charge in [-0.05, 0) is 26.0 Å². The van der Waals surface area contributed by atoms with Crippen molar-refractivity contribution >= 4 is 5.78 Å². The van der Waals surface area contributed by atoms with Crippen molar-refractivity contribution in [2.45, 2.75) is 19.9 Å². The first-order chi connectivity index (χ1) is 6.45. The molecule has 0 spiro atoms. The topological polar surface area (TPSA) is 43.1 Å². The predicted molar refractivity (Wildman–Crippen MR) is 49.1 cm³/mol. The molecule has 0 fully saturated rings. The summed E-state index contributed by atoms with van der Waals surface area (Å²) in [5.74, 6) is -2.01. The quantitative estimate of drug-likeness (QED) is 0.738. The molecule has 0 amide bonds. The van der Waals surface area contributed by atoms with Crippen molar-refractivity contribution in [1.29, 1.82) is 0 Å². The van der Waals surface area contributed by atoms with Gasteiger partial charge in [0.1, 0.15) is 11.6 Å². The SMILES string of the molecule is Cc1c(F)ccc(C(=O)C(C)N)c1F. The molecule has 1 rings (SSSR count). The Labute approximate surface area is 80.7 Å². The molecule has 1 aromatic carbocycles. The zero-order valence-corrected chi connectivity index (χ0v) is 7.97. The van der Waals surface area contributed by atoms with E-state index in [0.717, 1.165) is 12.1 Å². The van der Waals surface area contributed by atoms with Gasteiger partial charge in [0.15, 0.2) is 5.78 Å². The number of carbonyl (C=O) groups excluding carboxylic acids is 1. The maximum Gasteiger partial charge on any atom is 0.182 e. The number of Topliss-reactive ketones (excluding diaryl/α,β-unsaturated/α-hetero) is 1. The Morgan fingerprint density at radius 3 is 2.50 bits per heavy atom. The van der Waals surface area contributed by atoms with Crippen molar-refractivity contribution in [3.63, 3.8) is 0 Å². The van der Waals surface area contributed by atoms with Crippen molar-refractivity contribution < 1.29 is 13.6 Å². The summed E-state index contributed by atoms with van der Waals surface area (Å²) < 4.78 is 26.2. The van der Waals surface area contributed by atoms with E-state index in [9.17, 15) is 13.6 Å². The minimum atomic E-state index is -0.827. The maximum absolute atomic E-state index is 13.4. The van der Waals surface area contributed by atoms with Gasteiger partial charge in [-0.1, -0.05) is 0 Å². The van der Waals surface area contributed by atoms with Crippen LogP contribution in [0.1, 0.15) is 22.8 Å². The molecule has 1 aromatic rings.